The first-order valence-electron chi connectivity index (χ1n) is 7.09. The zero-order chi connectivity index (χ0) is 16.1. The van der Waals surface area contributed by atoms with Crippen LogP contribution < -0.4 is 4.74 Å². The van der Waals surface area contributed by atoms with Gasteiger partial charge in [-0.2, -0.15) is 5.26 Å². The van der Waals surface area contributed by atoms with Crippen LogP contribution in [0.5, 0.6) is 5.88 Å². The number of rotatable bonds is 4. The predicted octanol–water partition coefficient (Wildman–Crippen LogP) is 4.85. The highest BCUT2D eigenvalue weighted by molar-refractivity contribution is 6.32. The van der Waals surface area contributed by atoms with Gasteiger partial charge in [-0.05, 0) is 29.3 Å². The summed E-state index contributed by atoms with van der Waals surface area (Å²) in [6.07, 6.45) is 1.73. The van der Waals surface area contributed by atoms with Crippen LogP contribution in [0.1, 0.15) is 11.1 Å². The van der Waals surface area contributed by atoms with Crippen molar-refractivity contribution in [2.45, 2.75) is 6.61 Å². The molecule has 0 amide bonds. The first-order valence-corrected chi connectivity index (χ1v) is 7.47. The molecule has 0 unspecified atom stereocenters. The molecular formula is C19H13ClN2O. The van der Waals surface area contributed by atoms with Gasteiger partial charge in [-0.3, -0.25) is 0 Å². The fraction of sp³-hybridized carbons (Fsp3) is 0.0526. The summed E-state index contributed by atoms with van der Waals surface area (Å²) in [6, 6.07) is 21.1. The summed E-state index contributed by atoms with van der Waals surface area (Å²) in [5.41, 5.74) is 3.39. The Labute approximate surface area is 139 Å². The molecule has 3 aromatic rings. The number of nitriles is 1. The molecule has 112 valence electrons. The minimum atomic E-state index is 0.439. The smallest absolute Gasteiger partial charge is 0.213 e. The lowest BCUT2D eigenvalue weighted by atomic mass is 10.1. The van der Waals surface area contributed by atoms with E-state index in [9.17, 15) is 0 Å². The van der Waals surface area contributed by atoms with Gasteiger partial charge in [0.05, 0.1) is 10.6 Å². The Bertz CT molecular complexity index is 839. The lowest BCUT2D eigenvalue weighted by Gasteiger charge is -2.07. The zero-order valence-corrected chi connectivity index (χ0v) is 13.0. The maximum Gasteiger partial charge on any atom is 0.213 e. The highest BCUT2D eigenvalue weighted by Crippen LogP contribution is 2.25. The monoisotopic (exact) mass is 320 g/mol. The molecule has 0 aliphatic carbocycles. The predicted molar refractivity (Wildman–Crippen MR) is 90.2 cm³/mol. The van der Waals surface area contributed by atoms with E-state index in [4.69, 9.17) is 21.6 Å². The van der Waals surface area contributed by atoms with Crippen LogP contribution in [0.25, 0.3) is 11.1 Å². The third kappa shape index (κ3) is 3.68. The fourth-order valence-electron chi connectivity index (χ4n) is 2.15. The van der Waals surface area contributed by atoms with Crippen LogP contribution in [-0.2, 0) is 6.61 Å². The second kappa shape index (κ2) is 6.95. The van der Waals surface area contributed by atoms with E-state index in [1.54, 1.807) is 18.3 Å². The Morgan fingerprint density at radius 1 is 1.00 bits per heavy atom. The number of aromatic nitrogens is 1. The molecule has 0 bridgehead atoms. The minimum absolute atomic E-state index is 0.439. The number of pyridine rings is 1. The lowest BCUT2D eigenvalue weighted by molar-refractivity contribution is 0.294. The van der Waals surface area contributed by atoms with Crippen molar-refractivity contribution in [2.24, 2.45) is 0 Å². The molecule has 0 spiro atoms. The number of hydrogen-bond donors (Lipinski definition) is 0. The van der Waals surface area contributed by atoms with Gasteiger partial charge in [0.2, 0.25) is 5.88 Å². The largest absolute Gasteiger partial charge is 0.473 e. The molecular weight excluding hydrogens is 308 g/mol. The van der Waals surface area contributed by atoms with E-state index < -0.39 is 0 Å². The van der Waals surface area contributed by atoms with Gasteiger partial charge >= 0.3 is 0 Å². The van der Waals surface area contributed by atoms with Crippen LogP contribution >= 0.6 is 11.6 Å². The van der Waals surface area contributed by atoms with Crippen molar-refractivity contribution >= 4 is 11.6 Å². The standard InChI is InChI=1S/C19H13ClN2O/c20-18-10-15(6-7-16(18)11-21)17-8-9-19(22-12-17)23-13-14-4-2-1-3-5-14/h1-10,12H,13H2. The van der Waals surface area contributed by atoms with Gasteiger partial charge in [-0.1, -0.05) is 48.0 Å². The van der Waals surface area contributed by atoms with Gasteiger partial charge in [0, 0.05) is 17.8 Å². The number of halogens is 1. The van der Waals surface area contributed by atoms with Crippen molar-refractivity contribution in [3.63, 3.8) is 0 Å². The molecule has 0 atom stereocenters. The van der Waals surface area contributed by atoms with Gasteiger partial charge in [0.1, 0.15) is 12.7 Å². The molecule has 0 aliphatic rings. The number of ether oxygens (including phenoxy) is 1. The van der Waals surface area contributed by atoms with Crippen molar-refractivity contribution in [1.29, 1.82) is 5.26 Å². The molecule has 23 heavy (non-hydrogen) atoms. The number of nitrogens with zero attached hydrogens (tertiary/aromatic N) is 2. The van der Waals surface area contributed by atoms with Crippen LogP contribution in [0.15, 0.2) is 66.9 Å². The molecule has 0 radical (unpaired) electrons. The summed E-state index contributed by atoms with van der Waals surface area (Å²) in [4.78, 5) is 4.31. The third-order valence-electron chi connectivity index (χ3n) is 3.39. The van der Waals surface area contributed by atoms with Gasteiger partial charge < -0.3 is 4.74 Å². The Balaban J connectivity index is 1.72. The van der Waals surface area contributed by atoms with Crippen molar-refractivity contribution < 1.29 is 4.74 Å². The maximum absolute atomic E-state index is 8.91. The van der Waals surface area contributed by atoms with Gasteiger partial charge in [-0.15, -0.1) is 0 Å². The normalized spacial score (nSPS) is 10.1. The molecule has 1 heterocycles. The Morgan fingerprint density at radius 3 is 2.43 bits per heavy atom. The van der Waals surface area contributed by atoms with Crippen molar-refractivity contribution in [3.8, 4) is 23.1 Å². The minimum Gasteiger partial charge on any atom is -0.473 e. The molecule has 0 N–H and O–H groups in total. The third-order valence-corrected chi connectivity index (χ3v) is 3.70. The van der Waals surface area contributed by atoms with Crippen molar-refractivity contribution in [2.75, 3.05) is 0 Å². The molecule has 3 rings (SSSR count). The van der Waals surface area contributed by atoms with Crippen LogP contribution in [0.3, 0.4) is 0 Å². The Morgan fingerprint density at radius 2 is 1.78 bits per heavy atom. The highest BCUT2D eigenvalue weighted by Gasteiger charge is 2.04. The summed E-state index contributed by atoms with van der Waals surface area (Å²) in [5, 5.41) is 9.35. The maximum atomic E-state index is 8.91. The molecule has 0 aliphatic heterocycles. The molecule has 4 heteroatoms. The van der Waals surface area contributed by atoms with Crippen LogP contribution in [-0.4, -0.2) is 4.98 Å². The summed E-state index contributed by atoms with van der Waals surface area (Å²) >= 11 is 6.06. The Kier molecular flexibility index (Phi) is 4.56. The average molecular weight is 321 g/mol. The Hall–Kier alpha value is -2.83. The SMILES string of the molecule is N#Cc1ccc(-c2ccc(OCc3ccccc3)nc2)cc1Cl. The topological polar surface area (TPSA) is 45.9 Å². The summed E-state index contributed by atoms with van der Waals surface area (Å²) in [6.45, 7) is 0.482. The fourth-order valence-corrected chi connectivity index (χ4v) is 2.38. The molecule has 3 nitrogen and oxygen atoms in total. The van der Waals surface area contributed by atoms with Gasteiger partial charge in [0.15, 0.2) is 0 Å². The molecule has 1 aromatic heterocycles. The number of hydrogen-bond acceptors (Lipinski definition) is 3. The molecule has 0 saturated heterocycles. The van der Waals surface area contributed by atoms with E-state index in [0.717, 1.165) is 16.7 Å². The van der Waals surface area contributed by atoms with E-state index in [0.29, 0.717) is 23.1 Å². The average Bonchev–Trinajstić information content (AvgIpc) is 2.61. The van der Waals surface area contributed by atoms with Gasteiger partial charge in [-0.25, -0.2) is 4.98 Å². The van der Waals surface area contributed by atoms with Crippen molar-refractivity contribution in [3.05, 3.63) is 83.0 Å². The second-order valence-corrected chi connectivity index (χ2v) is 5.37. The van der Waals surface area contributed by atoms with Crippen LogP contribution in [0.2, 0.25) is 5.02 Å². The van der Waals surface area contributed by atoms with E-state index in [2.05, 4.69) is 4.98 Å². The first kappa shape index (κ1) is 15.1. The lowest BCUT2D eigenvalue weighted by Crippen LogP contribution is -1.96. The number of benzene rings is 2. The van der Waals surface area contributed by atoms with E-state index >= 15 is 0 Å². The summed E-state index contributed by atoms with van der Waals surface area (Å²) in [7, 11) is 0. The quantitative estimate of drug-likeness (QED) is 0.690. The van der Waals surface area contributed by atoms with Crippen LogP contribution in [0, 0.1) is 11.3 Å². The highest BCUT2D eigenvalue weighted by atomic mass is 35.5. The molecule has 0 fully saturated rings. The van der Waals surface area contributed by atoms with E-state index in [-0.39, 0.29) is 0 Å². The van der Waals surface area contributed by atoms with Crippen molar-refractivity contribution in [1.82, 2.24) is 4.98 Å². The molecule has 0 saturated carbocycles. The van der Waals surface area contributed by atoms with E-state index in [1.807, 2.05) is 54.6 Å². The summed E-state index contributed by atoms with van der Waals surface area (Å²) in [5.74, 6) is 0.567. The summed E-state index contributed by atoms with van der Waals surface area (Å²) < 4.78 is 5.66. The first-order chi connectivity index (χ1) is 11.3. The van der Waals surface area contributed by atoms with Gasteiger partial charge in [0.25, 0.3) is 0 Å². The second-order valence-electron chi connectivity index (χ2n) is 4.97. The molecule has 2 aromatic carbocycles. The zero-order valence-electron chi connectivity index (χ0n) is 12.2. The van der Waals surface area contributed by atoms with E-state index in [1.165, 1.54) is 0 Å². The van der Waals surface area contributed by atoms with Crippen LogP contribution in [0.4, 0.5) is 0 Å².